The Kier molecular flexibility index (Phi) is 11.2. The molecule has 0 saturated heterocycles. The van der Waals surface area contributed by atoms with Crippen molar-refractivity contribution < 1.29 is 0 Å². The second-order valence-corrected chi connectivity index (χ2v) is 19.6. The number of anilines is 3. The van der Waals surface area contributed by atoms with Crippen LogP contribution in [0.1, 0.15) is 0 Å². The van der Waals surface area contributed by atoms with E-state index in [1.54, 1.807) is 0 Å². The summed E-state index contributed by atoms with van der Waals surface area (Å²) < 4.78 is 2.39. The average molecular weight is 967 g/mol. The van der Waals surface area contributed by atoms with Gasteiger partial charge in [-0.1, -0.05) is 243 Å². The lowest BCUT2D eigenvalue weighted by Gasteiger charge is -2.28. The molecule has 0 atom stereocenters. The second kappa shape index (κ2) is 19.1. The number of hydrogen-bond acceptors (Lipinski definition) is 1. The van der Waals surface area contributed by atoms with Crippen molar-refractivity contribution >= 4 is 60.4 Å². The van der Waals surface area contributed by atoms with Crippen LogP contribution in [0.25, 0.3) is 116 Å². The molecule has 0 bridgehead atoms. The van der Waals surface area contributed by atoms with Crippen molar-refractivity contribution in [1.82, 2.24) is 4.57 Å². The van der Waals surface area contributed by atoms with Gasteiger partial charge in [-0.3, -0.25) is 0 Å². The second-order valence-electron chi connectivity index (χ2n) is 19.6. The van der Waals surface area contributed by atoms with Crippen LogP contribution in [0.5, 0.6) is 0 Å². The Bertz CT molecular complexity index is 4240. The Morgan fingerprint density at radius 2 is 0.632 bits per heavy atom. The van der Waals surface area contributed by atoms with Gasteiger partial charge in [-0.2, -0.15) is 0 Å². The van der Waals surface area contributed by atoms with Gasteiger partial charge in [-0.25, -0.2) is 0 Å². The van der Waals surface area contributed by atoms with Gasteiger partial charge < -0.3 is 9.47 Å². The van der Waals surface area contributed by atoms with Crippen molar-refractivity contribution in [1.29, 1.82) is 0 Å². The Balaban J connectivity index is 0.849. The lowest BCUT2D eigenvalue weighted by Crippen LogP contribution is -2.11. The van der Waals surface area contributed by atoms with Crippen LogP contribution < -0.4 is 4.90 Å². The van der Waals surface area contributed by atoms with Crippen LogP contribution in [0.4, 0.5) is 17.1 Å². The fraction of sp³-hybridized carbons (Fsp3) is 0. The molecular formula is C74H50N2. The van der Waals surface area contributed by atoms with E-state index in [9.17, 15) is 0 Å². The van der Waals surface area contributed by atoms with Gasteiger partial charge in [0.25, 0.3) is 0 Å². The SMILES string of the molecule is c1ccc(-n2c3ccccc3c3c(-c4cccc(-c5ccccc5N(c5ccc(-c6ccc(-c7cccc8ccccc78)cc6)cc5)c5ccc(-c6ccc(-c7cccc8ccccc78)cc6)cc5)c4)cccc32)cc1. The van der Waals surface area contributed by atoms with Crippen molar-refractivity contribution in [3.63, 3.8) is 0 Å². The Hall–Kier alpha value is -10.0. The summed E-state index contributed by atoms with van der Waals surface area (Å²) in [6.07, 6.45) is 0. The summed E-state index contributed by atoms with van der Waals surface area (Å²) in [6, 6.07) is 111. The molecule has 14 aromatic rings. The van der Waals surface area contributed by atoms with Crippen molar-refractivity contribution in [3.05, 3.63) is 303 Å². The average Bonchev–Trinajstić information content (AvgIpc) is 3.86. The summed E-state index contributed by atoms with van der Waals surface area (Å²) in [6.45, 7) is 0. The number of benzene rings is 13. The highest BCUT2D eigenvalue weighted by molar-refractivity contribution is 6.16. The molecule has 0 aliphatic rings. The van der Waals surface area contributed by atoms with E-state index < -0.39 is 0 Å². The van der Waals surface area contributed by atoms with Gasteiger partial charge in [0.05, 0.1) is 16.7 Å². The summed E-state index contributed by atoms with van der Waals surface area (Å²) in [4.78, 5) is 2.41. The Morgan fingerprint density at radius 3 is 1.22 bits per heavy atom. The number of hydrogen-bond donors (Lipinski definition) is 0. The Morgan fingerprint density at radius 1 is 0.237 bits per heavy atom. The third-order valence-electron chi connectivity index (χ3n) is 15.2. The lowest BCUT2D eigenvalue weighted by molar-refractivity contribution is 1.18. The fourth-order valence-corrected chi connectivity index (χ4v) is 11.6. The molecule has 13 aromatic carbocycles. The first kappa shape index (κ1) is 44.7. The molecule has 0 unspecified atom stereocenters. The van der Waals surface area contributed by atoms with E-state index in [1.807, 2.05) is 0 Å². The smallest absolute Gasteiger partial charge is 0.0547 e. The molecule has 1 aromatic heterocycles. The van der Waals surface area contributed by atoms with Crippen molar-refractivity contribution in [2.24, 2.45) is 0 Å². The van der Waals surface area contributed by atoms with E-state index in [0.717, 1.165) is 33.9 Å². The predicted octanol–water partition coefficient (Wildman–Crippen LogP) is 20.6. The van der Waals surface area contributed by atoms with Gasteiger partial charge >= 0.3 is 0 Å². The number of aromatic nitrogens is 1. The number of fused-ring (bicyclic) bond motifs is 5. The number of para-hydroxylation sites is 3. The summed E-state index contributed by atoms with van der Waals surface area (Å²) in [5, 5.41) is 7.52. The molecule has 2 heteroatoms. The molecule has 0 amide bonds. The molecule has 76 heavy (non-hydrogen) atoms. The third kappa shape index (κ3) is 8.01. The number of rotatable bonds is 10. The molecule has 0 spiro atoms. The van der Waals surface area contributed by atoms with Crippen LogP contribution in [0.15, 0.2) is 303 Å². The van der Waals surface area contributed by atoms with Crippen LogP contribution >= 0.6 is 0 Å². The molecule has 0 radical (unpaired) electrons. The van der Waals surface area contributed by atoms with E-state index >= 15 is 0 Å². The normalized spacial score (nSPS) is 11.4. The van der Waals surface area contributed by atoms with Gasteiger partial charge in [0.15, 0.2) is 0 Å². The maximum Gasteiger partial charge on any atom is 0.0547 e. The zero-order valence-electron chi connectivity index (χ0n) is 41.8. The molecule has 14 rings (SSSR count). The lowest BCUT2D eigenvalue weighted by atomic mass is 9.94. The highest BCUT2D eigenvalue weighted by Crippen LogP contribution is 2.45. The maximum atomic E-state index is 2.41. The van der Waals surface area contributed by atoms with Gasteiger partial charge in [0, 0.05) is 33.4 Å². The largest absolute Gasteiger partial charge is 0.310 e. The quantitative estimate of drug-likeness (QED) is 0.133. The van der Waals surface area contributed by atoms with E-state index in [0.29, 0.717) is 0 Å². The van der Waals surface area contributed by atoms with E-state index in [1.165, 1.54) is 99.0 Å². The summed E-state index contributed by atoms with van der Waals surface area (Å²) in [5.74, 6) is 0. The minimum atomic E-state index is 1.07. The summed E-state index contributed by atoms with van der Waals surface area (Å²) >= 11 is 0. The van der Waals surface area contributed by atoms with Crippen molar-refractivity contribution in [2.45, 2.75) is 0 Å². The van der Waals surface area contributed by atoms with E-state index in [4.69, 9.17) is 0 Å². The Labute approximate surface area is 443 Å². The van der Waals surface area contributed by atoms with Gasteiger partial charge in [0.2, 0.25) is 0 Å². The minimum Gasteiger partial charge on any atom is -0.310 e. The topological polar surface area (TPSA) is 8.17 Å². The molecule has 0 aliphatic heterocycles. The first-order chi connectivity index (χ1) is 37.7. The van der Waals surface area contributed by atoms with Gasteiger partial charge in [-0.15, -0.1) is 0 Å². The highest BCUT2D eigenvalue weighted by Gasteiger charge is 2.20. The van der Waals surface area contributed by atoms with Crippen molar-refractivity contribution in [3.8, 4) is 72.4 Å². The van der Waals surface area contributed by atoms with Crippen LogP contribution in [0.2, 0.25) is 0 Å². The standard InChI is InChI=1S/C74H50N2/c1-2-22-61(23-3-1)76-72-32-11-9-27-70(72)74-69(30-15-33-73(74)76)60-21-12-20-59(50-60)68-26-8-10-31-71(68)75(62-46-42-53(43-47-62)51-34-38-57(39-35-51)66-28-13-18-55-16-4-6-24-64(55)66)63-48-44-54(45-49-63)52-36-40-58(41-37-52)67-29-14-19-56-17-5-7-25-65(56)67/h1-50H. The predicted molar refractivity (Wildman–Crippen MR) is 323 cm³/mol. The van der Waals surface area contributed by atoms with Crippen LogP contribution in [0.3, 0.4) is 0 Å². The van der Waals surface area contributed by atoms with Crippen LogP contribution in [-0.4, -0.2) is 4.57 Å². The first-order valence-electron chi connectivity index (χ1n) is 26.2. The summed E-state index contributed by atoms with van der Waals surface area (Å²) in [5.41, 5.74) is 21.1. The molecule has 0 aliphatic carbocycles. The molecule has 0 N–H and O–H groups in total. The first-order valence-corrected chi connectivity index (χ1v) is 26.2. The minimum absolute atomic E-state index is 1.07. The van der Waals surface area contributed by atoms with Gasteiger partial charge in [0.1, 0.15) is 0 Å². The zero-order chi connectivity index (χ0) is 50.4. The molecule has 0 saturated carbocycles. The molecule has 356 valence electrons. The molecule has 2 nitrogen and oxygen atoms in total. The van der Waals surface area contributed by atoms with E-state index in [2.05, 4.69) is 313 Å². The fourth-order valence-electron chi connectivity index (χ4n) is 11.6. The van der Waals surface area contributed by atoms with Crippen LogP contribution in [-0.2, 0) is 0 Å². The molecule has 1 heterocycles. The van der Waals surface area contributed by atoms with Gasteiger partial charge in [-0.05, 0) is 143 Å². The van der Waals surface area contributed by atoms with E-state index in [-0.39, 0.29) is 0 Å². The summed E-state index contributed by atoms with van der Waals surface area (Å²) in [7, 11) is 0. The third-order valence-corrected chi connectivity index (χ3v) is 15.2. The number of nitrogens with zero attached hydrogens (tertiary/aromatic N) is 2. The maximum absolute atomic E-state index is 2.41. The zero-order valence-corrected chi connectivity index (χ0v) is 41.8. The monoisotopic (exact) mass is 966 g/mol. The van der Waals surface area contributed by atoms with Crippen molar-refractivity contribution in [2.75, 3.05) is 4.90 Å². The molecular weight excluding hydrogens is 917 g/mol. The molecule has 0 fully saturated rings. The highest BCUT2D eigenvalue weighted by atomic mass is 15.1. The van der Waals surface area contributed by atoms with Crippen LogP contribution in [0, 0.1) is 0 Å².